The summed E-state index contributed by atoms with van der Waals surface area (Å²) in [6, 6.07) is 1.95. The predicted molar refractivity (Wildman–Crippen MR) is 51.0 cm³/mol. The zero-order valence-corrected chi connectivity index (χ0v) is 8.01. The van der Waals surface area contributed by atoms with E-state index in [-0.39, 0.29) is 23.5 Å². The Labute approximate surface area is 86.6 Å². The maximum Gasteiger partial charge on any atom is 0.236 e. The Balaban J connectivity index is 2.18. The SMILES string of the molecule is N#Cc1cnc(N)nc1O[C@H]1CCOC1. The van der Waals surface area contributed by atoms with Gasteiger partial charge in [0.1, 0.15) is 17.7 Å². The minimum absolute atomic E-state index is 0.0496. The fourth-order valence-corrected chi connectivity index (χ4v) is 1.31. The summed E-state index contributed by atoms with van der Waals surface area (Å²) in [6.45, 7) is 1.20. The van der Waals surface area contributed by atoms with Gasteiger partial charge in [0, 0.05) is 6.42 Å². The van der Waals surface area contributed by atoms with E-state index in [0.717, 1.165) is 6.42 Å². The van der Waals surface area contributed by atoms with Crippen LogP contribution in [0.3, 0.4) is 0 Å². The molecular weight excluding hydrogens is 196 g/mol. The van der Waals surface area contributed by atoms with Gasteiger partial charge in [-0.2, -0.15) is 10.2 Å². The molecule has 0 radical (unpaired) electrons. The predicted octanol–water partition coefficient (Wildman–Crippen LogP) is 0.0982. The minimum Gasteiger partial charge on any atom is -0.471 e. The van der Waals surface area contributed by atoms with Gasteiger partial charge in [0.2, 0.25) is 11.8 Å². The fraction of sp³-hybridized carbons (Fsp3) is 0.444. The van der Waals surface area contributed by atoms with Crippen molar-refractivity contribution in [2.45, 2.75) is 12.5 Å². The van der Waals surface area contributed by atoms with Crippen molar-refractivity contribution in [1.29, 1.82) is 5.26 Å². The maximum absolute atomic E-state index is 8.80. The molecule has 1 aromatic rings. The van der Waals surface area contributed by atoms with Gasteiger partial charge >= 0.3 is 0 Å². The van der Waals surface area contributed by atoms with E-state index in [1.165, 1.54) is 6.20 Å². The number of aromatic nitrogens is 2. The van der Waals surface area contributed by atoms with Gasteiger partial charge in [0.05, 0.1) is 19.4 Å². The molecule has 0 bridgehead atoms. The molecule has 1 saturated heterocycles. The van der Waals surface area contributed by atoms with Crippen molar-refractivity contribution in [1.82, 2.24) is 9.97 Å². The Morgan fingerprint density at radius 1 is 1.67 bits per heavy atom. The van der Waals surface area contributed by atoms with Crippen LogP contribution in [-0.2, 0) is 4.74 Å². The van der Waals surface area contributed by atoms with E-state index < -0.39 is 0 Å². The lowest BCUT2D eigenvalue weighted by molar-refractivity contribution is 0.138. The quantitative estimate of drug-likeness (QED) is 0.737. The molecule has 2 N–H and O–H groups in total. The number of rotatable bonds is 2. The van der Waals surface area contributed by atoms with Crippen molar-refractivity contribution in [3.8, 4) is 11.9 Å². The second kappa shape index (κ2) is 4.11. The number of hydrogen-bond acceptors (Lipinski definition) is 6. The van der Waals surface area contributed by atoms with Crippen LogP contribution in [0.15, 0.2) is 6.20 Å². The van der Waals surface area contributed by atoms with Gasteiger partial charge in [0.25, 0.3) is 0 Å². The molecule has 1 aliphatic heterocycles. The van der Waals surface area contributed by atoms with E-state index in [9.17, 15) is 0 Å². The first-order valence-electron chi connectivity index (χ1n) is 4.56. The molecule has 0 saturated carbocycles. The molecule has 0 amide bonds. The molecule has 0 spiro atoms. The van der Waals surface area contributed by atoms with Crippen molar-refractivity contribution in [2.75, 3.05) is 18.9 Å². The molecule has 78 valence electrons. The monoisotopic (exact) mass is 206 g/mol. The average Bonchev–Trinajstić information content (AvgIpc) is 2.71. The molecule has 15 heavy (non-hydrogen) atoms. The van der Waals surface area contributed by atoms with Crippen LogP contribution in [0.4, 0.5) is 5.95 Å². The average molecular weight is 206 g/mol. The molecule has 6 heteroatoms. The molecule has 0 unspecified atom stereocenters. The lowest BCUT2D eigenvalue weighted by Crippen LogP contribution is -2.17. The van der Waals surface area contributed by atoms with Crippen LogP contribution in [-0.4, -0.2) is 29.3 Å². The zero-order valence-electron chi connectivity index (χ0n) is 8.01. The Morgan fingerprint density at radius 3 is 3.20 bits per heavy atom. The summed E-state index contributed by atoms with van der Waals surface area (Å²) in [5, 5.41) is 8.80. The first-order valence-corrected chi connectivity index (χ1v) is 4.56. The third-order valence-corrected chi connectivity index (χ3v) is 2.06. The molecule has 1 aliphatic rings. The molecule has 2 heterocycles. The number of nitrogens with zero attached hydrogens (tertiary/aromatic N) is 3. The van der Waals surface area contributed by atoms with Crippen LogP contribution in [0.5, 0.6) is 5.88 Å². The molecule has 1 aromatic heterocycles. The zero-order chi connectivity index (χ0) is 10.7. The molecule has 0 aliphatic carbocycles. The third kappa shape index (κ3) is 2.14. The van der Waals surface area contributed by atoms with Crippen LogP contribution in [0.25, 0.3) is 0 Å². The van der Waals surface area contributed by atoms with Gasteiger partial charge in [-0.3, -0.25) is 0 Å². The number of nitrogens with two attached hydrogens (primary N) is 1. The van der Waals surface area contributed by atoms with Crippen LogP contribution < -0.4 is 10.5 Å². The van der Waals surface area contributed by atoms with Gasteiger partial charge < -0.3 is 15.2 Å². The van der Waals surface area contributed by atoms with E-state index >= 15 is 0 Å². The number of ether oxygens (including phenoxy) is 2. The fourth-order valence-electron chi connectivity index (χ4n) is 1.31. The minimum atomic E-state index is -0.0496. The number of nitrogen functional groups attached to an aromatic ring is 1. The molecule has 2 rings (SSSR count). The third-order valence-electron chi connectivity index (χ3n) is 2.06. The van der Waals surface area contributed by atoms with Gasteiger partial charge in [-0.25, -0.2) is 4.98 Å². The number of nitriles is 1. The van der Waals surface area contributed by atoms with Crippen LogP contribution in [0.2, 0.25) is 0 Å². The van der Waals surface area contributed by atoms with Gasteiger partial charge in [-0.15, -0.1) is 0 Å². The molecule has 0 aromatic carbocycles. The van der Waals surface area contributed by atoms with E-state index in [0.29, 0.717) is 13.2 Å². The van der Waals surface area contributed by atoms with Crippen molar-refractivity contribution in [2.24, 2.45) is 0 Å². The summed E-state index contributed by atoms with van der Waals surface area (Å²) < 4.78 is 10.7. The highest BCUT2D eigenvalue weighted by molar-refractivity contribution is 5.39. The summed E-state index contributed by atoms with van der Waals surface area (Å²) in [4.78, 5) is 7.59. The topological polar surface area (TPSA) is 94.1 Å². The van der Waals surface area contributed by atoms with Gasteiger partial charge in [0.15, 0.2) is 0 Å². The lowest BCUT2D eigenvalue weighted by Gasteiger charge is -2.11. The van der Waals surface area contributed by atoms with E-state index in [1.54, 1.807) is 0 Å². The highest BCUT2D eigenvalue weighted by Gasteiger charge is 2.19. The molecule has 6 nitrogen and oxygen atoms in total. The Morgan fingerprint density at radius 2 is 2.53 bits per heavy atom. The van der Waals surface area contributed by atoms with E-state index in [4.69, 9.17) is 20.5 Å². The second-order valence-electron chi connectivity index (χ2n) is 3.16. The first kappa shape index (κ1) is 9.68. The van der Waals surface area contributed by atoms with Crippen molar-refractivity contribution in [3.63, 3.8) is 0 Å². The van der Waals surface area contributed by atoms with E-state index in [2.05, 4.69) is 9.97 Å². The highest BCUT2D eigenvalue weighted by Crippen LogP contribution is 2.18. The largest absolute Gasteiger partial charge is 0.471 e. The standard InChI is InChI=1S/C9H10N4O2/c10-3-6-4-12-9(11)13-8(6)15-7-1-2-14-5-7/h4,7H,1-2,5H2,(H2,11,12,13)/t7-/m0/s1. The van der Waals surface area contributed by atoms with Crippen molar-refractivity contribution < 1.29 is 9.47 Å². The Kier molecular flexibility index (Phi) is 2.65. The van der Waals surface area contributed by atoms with Crippen LogP contribution >= 0.6 is 0 Å². The summed E-state index contributed by atoms with van der Waals surface area (Å²) in [5.74, 6) is 0.336. The molecule has 1 fully saturated rings. The summed E-state index contributed by atoms with van der Waals surface area (Å²) in [6.07, 6.45) is 2.11. The lowest BCUT2D eigenvalue weighted by atomic mass is 10.3. The van der Waals surface area contributed by atoms with Gasteiger partial charge in [-0.1, -0.05) is 0 Å². The Bertz CT molecular complexity index is 396. The second-order valence-corrected chi connectivity index (χ2v) is 3.16. The normalized spacial score (nSPS) is 19.8. The summed E-state index contributed by atoms with van der Waals surface area (Å²) in [5.41, 5.74) is 5.70. The molecular formula is C9H10N4O2. The van der Waals surface area contributed by atoms with Crippen LogP contribution in [0.1, 0.15) is 12.0 Å². The maximum atomic E-state index is 8.80. The van der Waals surface area contributed by atoms with Crippen molar-refractivity contribution in [3.05, 3.63) is 11.8 Å². The highest BCUT2D eigenvalue weighted by atomic mass is 16.5. The van der Waals surface area contributed by atoms with Crippen molar-refractivity contribution >= 4 is 5.95 Å². The Hall–Kier alpha value is -1.87. The summed E-state index contributed by atoms with van der Waals surface area (Å²) >= 11 is 0. The van der Waals surface area contributed by atoms with Gasteiger partial charge in [-0.05, 0) is 0 Å². The van der Waals surface area contributed by atoms with E-state index in [1.807, 2.05) is 6.07 Å². The number of hydrogen-bond donors (Lipinski definition) is 1. The van der Waals surface area contributed by atoms with Crippen LogP contribution in [0, 0.1) is 11.3 Å². The first-order chi connectivity index (χ1) is 7.29. The summed E-state index contributed by atoms with van der Waals surface area (Å²) in [7, 11) is 0. The molecule has 1 atom stereocenters. The smallest absolute Gasteiger partial charge is 0.236 e. The number of anilines is 1.